The van der Waals surface area contributed by atoms with Crippen molar-refractivity contribution in [2.75, 3.05) is 5.73 Å². The van der Waals surface area contributed by atoms with E-state index in [1.165, 1.54) is 6.07 Å². The fourth-order valence-corrected chi connectivity index (χ4v) is 2.41. The quantitative estimate of drug-likeness (QED) is 0.842. The van der Waals surface area contributed by atoms with Crippen molar-refractivity contribution in [3.63, 3.8) is 0 Å². The third-order valence-corrected chi connectivity index (χ3v) is 3.47. The highest BCUT2D eigenvalue weighted by Gasteiger charge is 2.26. The normalized spacial score (nSPS) is 14.6. The number of anilines is 1. The van der Waals surface area contributed by atoms with Crippen LogP contribution in [0, 0.1) is 0 Å². The van der Waals surface area contributed by atoms with Gasteiger partial charge >= 0.3 is 0 Å². The summed E-state index contributed by atoms with van der Waals surface area (Å²) >= 11 is 6.17. The van der Waals surface area contributed by atoms with Crippen LogP contribution in [0.25, 0.3) is 5.69 Å². The molecule has 4 N–H and O–H groups in total. The van der Waals surface area contributed by atoms with E-state index in [2.05, 4.69) is 5.10 Å². The molecule has 0 radical (unpaired) electrons. The molecule has 1 heterocycles. The Kier molecular flexibility index (Phi) is 2.71. The lowest BCUT2D eigenvalue weighted by Gasteiger charge is -2.10. The van der Waals surface area contributed by atoms with Gasteiger partial charge in [0.1, 0.15) is 0 Å². The summed E-state index contributed by atoms with van der Waals surface area (Å²) in [7, 11) is 0. The lowest BCUT2D eigenvalue weighted by atomic mass is 10.1. The number of nitrogens with two attached hydrogens (primary N) is 2. The molecule has 1 aliphatic carbocycles. The standard InChI is InChI=1S/C13H13ClN4O/c14-10-6-8(15)5-9(13(16)19)12(10)18-4-3-11(17-18)7-1-2-7/h3-7H,1-2,15H2,(H2,16,19). The Balaban J connectivity index is 2.14. The van der Waals surface area contributed by atoms with Crippen LogP contribution in [0.15, 0.2) is 24.4 Å². The fraction of sp³-hybridized carbons (Fsp3) is 0.231. The summed E-state index contributed by atoms with van der Waals surface area (Å²) in [5, 5.41) is 4.82. The largest absolute Gasteiger partial charge is 0.399 e. The van der Waals surface area contributed by atoms with Gasteiger partial charge in [0.25, 0.3) is 5.91 Å². The molecule has 1 aromatic carbocycles. The van der Waals surface area contributed by atoms with Gasteiger partial charge in [0.05, 0.1) is 22.0 Å². The van der Waals surface area contributed by atoms with Gasteiger partial charge in [-0.2, -0.15) is 5.10 Å². The van der Waals surface area contributed by atoms with Crippen molar-refractivity contribution >= 4 is 23.2 Å². The number of primary amides is 1. The molecule has 1 saturated carbocycles. The molecule has 1 aliphatic rings. The van der Waals surface area contributed by atoms with Crippen LogP contribution >= 0.6 is 11.6 Å². The first-order chi connectivity index (χ1) is 9.06. The first kappa shape index (κ1) is 12.0. The van der Waals surface area contributed by atoms with Gasteiger partial charge in [0.2, 0.25) is 0 Å². The molecular weight excluding hydrogens is 264 g/mol. The minimum atomic E-state index is -0.576. The number of carbonyl (C=O) groups excluding carboxylic acids is 1. The van der Waals surface area contributed by atoms with Crippen LogP contribution in [-0.4, -0.2) is 15.7 Å². The van der Waals surface area contributed by atoms with Gasteiger partial charge in [-0.25, -0.2) is 4.68 Å². The van der Waals surface area contributed by atoms with Crippen LogP contribution in [0.1, 0.15) is 34.8 Å². The topological polar surface area (TPSA) is 86.9 Å². The van der Waals surface area contributed by atoms with E-state index >= 15 is 0 Å². The van der Waals surface area contributed by atoms with E-state index in [1.54, 1.807) is 16.9 Å². The molecule has 0 spiro atoms. The number of amides is 1. The number of aromatic nitrogens is 2. The second-order valence-corrected chi connectivity index (χ2v) is 5.13. The van der Waals surface area contributed by atoms with Crippen molar-refractivity contribution in [2.45, 2.75) is 18.8 Å². The van der Waals surface area contributed by atoms with E-state index in [0.717, 1.165) is 18.5 Å². The smallest absolute Gasteiger partial charge is 0.251 e. The molecule has 0 saturated heterocycles. The number of hydrogen-bond donors (Lipinski definition) is 2. The number of hydrogen-bond acceptors (Lipinski definition) is 3. The molecule has 19 heavy (non-hydrogen) atoms. The maximum atomic E-state index is 11.5. The highest BCUT2D eigenvalue weighted by molar-refractivity contribution is 6.33. The Hall–Kier alpha value is -2.01. The molecule has 2 aromatic rings. The van der Waals surface area contributed by atoms with Gasteiger partial charge in [0.15, 0.2) is 0 Å². The maximum absolute atomic E-state index is 11.5. The molecule has 3 rings (SSSR count). The predicted molar refractivity (Wildman–Crippen MR) is 73.5 cm³/mol. The maximum Gasteiger partial charge on any atom is 0.251 e. The Morgan fingerprint density at radius 3 is 2.79 bits per heavy atom. The van der Waals surface area contributed by atoms with Crippen molar-refractivity contribution in [2.24, 2.45) is 5.73 Å². The summed E-state index contributed by atoms with van der Waals surface area (Å²) in [5.74, 6) is -0.0430. The van der Waals surface area contributed by atoms with Gasteiger partial charge in [-0.3, -0.25) is 4.79 Å². The van der Waals surface area contributed by atoms with E-state index in [4.69, 9.17) is 23.1 Å². The number of nitrogens with zero attached hydrogens (tertiary/aromatic N) is 2. The summed E-state index contributed by atoms with van der Waals surface area (Å²) in [6, 6.07) is 5.04. The summed E-state index contributed by atoms with van der Waals surface area (Å²) in [6.45, 7) is 0. The van der Waals surface area contributed by atoms with Gasteiger partial charge in [-0.05, 0) is 31.0 Å². The molecule has 98 valence electrons. The first-order valence-electron chi connectivity index (χ1n) is 6.01. The molecule has 0 atom stereocenters. The van der Waals surface area contributed by atoms with Crippen molar-refractivity contribution in [3.05, 3.63) is 40.7 Å². The Bertz CT molecular complexity index is 661. The lowest BCUT2D eigenvalue weighted by Crippen LogP contribution is -2.16. The Morgan fingerprint density at radius 1 is 1.42 bits per heavy atom. The minimum absolute atomic E-state index is 0.274. The van der Waals surface area contributed by atoms with Crippen molar-refractivity contribution in [3.8, 4) is 5.69 Å². The fourth-order valence-electron chi connectivity index (χ4n) is 2.10. The van der Waals surface area contributed by atoms with Gasteiger partial charge in [-0.1, -0.05) is 11.6 Å². The second-order valence-electron chi connectivity index (χ2n) is 4.72. The van der Waals surface area contributed by atoms with Gasteiger partial charge in [0, 0.05) is 17.8 Å². The number of carbonyl (C=O) groups is 1. The van der Waals surface area contributed by atoms with Crippen LogP contribution in [0.5, 0.6) is 0 Å². The molecule has 0 bridgehead atoms. The molecule has 6 heteroatoms. The third-order valence-electron chi connectivity index (χ3n) is 3.19. The molecular formula is C13H13ClN4O. The molecule has 1 aromatic heterocycles. The minimum Gasteiger partial charge on any atom is -0.399 e. The van der Waals surface area contributed by atoms with E-state index in [0.29, 0.717) is 22.3 Å². The molecule has 0 aliphatic heterocycles. The summed E-state index contributed by atoms with van der Waals surface area (Å²) in [4.78, 5) is 11.5. The Labute approximate surface area is 115 Å². The van der Waals surface area contributed by atoms with Crippen LogP contribution in [0.3, 0.4) is 0 Å². The number of rotatable bonds is 3. The zero-order valence-electron chi connectivity index (χ0n) is 10.1. The summed E-state index contributed by atoms with van der Waals surface area (Å²) in [5.41, 5.74) is 13.2. The zero-order chi connectivity index (χ0) is 13.6. The average molecular weight is 277 g/mol. The predicted octanol–water partition coefficient (Wildman–Crippen LogP) is 2.08. The molecule has 1 amide bonds. The van der Waals surface area contributed by atoms with E-state index in [-0.39, 0.29) is 5.56 Å². The SMILES string of the molecule is NC(=O)c1cc(N)cc(Cl)c1-n1ccc(C2CC2)n1. The molecule has 0 unspecified atom stereocenters. The number of nitrogen functional groups attached to an aromatic ring is 1. The average Bonchev–Trinajstić information content (AvgIpc) is 3.08. The van der Waals surface area contributed by atoms with Crippen molar-refractivity contribution in [1.29, 1.82) is 0 Å². The molecule has 1 fully saturated rings. The third kappa shape index (κ3) is 2.17. The van der Waals surface area contributed by atoms with E-state index < -0.39 is 5.91 Å². The van der Waals surface area contributed by atoms with Crippen LogP contribution in [0.2, 0.25) is 5.02 Å². The highest BCUT2D eigenvalue weighted by atomic mass is 35.5. The van der Waals surface area contributed by atoms with Crippen LogP contribution in [0.4, 0.5) is 5.69 Å². The van der Waals surface area contributed by atoms with Crippen LogP contribution < -0.4 is 11.5 Å². The first-order valence-corrected chi connectivity index (χ1v) is 6.39. The van der Waals surface area contributed by atoms with Crippen molar-refractivity contribution < 1.29 is 4.79 Å². The van der Waals surface area contributed by atoms with Crippen molar-refractivity contribution in [1.82, 2.24) is 9.78 Å². The van der Waals surface area contributed by atoms with E-state index in [9.17, 15) is 4.79 Å². The van der Waals surface area contributed by atoms with Gasteiger partial charge in [-0.15, -0.1) is 0 Å². The van der Waals surface area contributed by atoms with Gasteiger partial charge < -0.3 is 11.5 Å². The summed E-state index contributed by atoms with van der Waals surface area (Å²) in [6.07, 6.45) is 4.11. The summed E-state index contributed by atoms with van der Waals surface area (Å²) < 4.78 is 1.59. The molecule has 5 nitrogen and oxygen atoms in total. The lowest BCUT2D eigenvalue weighted by molar-refractivity contribution is 0.1000. The number of halogens is 1. The van der Waals surface area contributed by atoms with Crippen LogP contribution in [-0.2, 0) is 0 Å². The Morgan fingerprint density at radius 2 is 2.16 bits per heavy atom. The second kappa shape index (κ2) is 4.28. The number of benzene rings is 1. The highest BCUT2D eigenvalue weighted by Crippen LogP contribution is 2.39. The zero-order valence-corrected chi connectivity index (χ0v) is 10.9. The monoisotopic (exact) mass is 276 g/mol. The van der Waals surface area contributed by atoms with E-state index in [1.807, 2.05) is 6.07 Å².